The minimum atomic E-state index is 0.144. The summed E-state index contributed by atoms with van der Waals surface area (Å²) in [7, 11) is 0. The summed E-state index contributed by atoms with van der Waals surface area (Å²) >= 11 is 0. The van der Waals surface area contributed by atoms with Gasteiger partial charge >= 0.3 is 0 Å². The molecule has 0 radical (unpaired) electrons. The van der Waals surface area contributed by atoms with Crippen LogP contribution >= 0.6 is 0 Å². The first-order valence-electron chi connectivity index (χ1n) is 4.75. The summed E-state index contributed by atoms with van der Waals surface area (Å²) in [5, 5.41) is 0. The summed E-state index contributed by atoms with van der Waals surface area (Å²) in [4.78, 5) is 10.6. The highest BCUT2D eigenvalue weighted by Crippen LogP contribution is 2.15. The minimum absolute atomic E-state index is 0.144. The van der Waals surface area contributed by atoms with Gasteiger partial charge in [0.15, 0.2) is 5.78 Å². The van der Waals surface area contributed by atoms with Crippen molar-refractivity contribution in [2.75, 3.05) is 0 Å². The van der Waals surface area contributed by atoms with Crippen molar-refractivity contribution in [1.29, 1.82) is 0 Å². The first-order chi connectivity index (χ1) is 5.56. The fourth-order valence-electron chi connectivity index (χ4n) is 1.18. The van der Waals surface area contributed by atoms with Gasteiger partial charge in [-0.3, -0.25) is 4.79 Å². The van der Waals surface area contributed by atoms with Crippen LogP contribution in [-0.2, 0) is 4.79 Å². The second kappa shape index (κ2) is 5.99. The van der Waals surface area contributed by atoms with Gasteiger partial charge in [-0.15, -0.1) is 0 Å². The Morgan fingerprint density at radius 2 is 2.00 bits per heavy atom. The van der Waals surface area contributed by atoms with E-state index in [1.54, 1.807) is 13.0 Å². The molecule has 0 fully saturated rings. The Morgan fingerprint density at radius 1 is 1.42 bits per heavy atom. The molecular formula is C11H20O. The van der Waals surface area contributed by atoms with Crippen molar-refractivity contribution < 1.29 is 4.79 Å². The summed E-state index contributed by atoms with van der Waals surface area (Å²) in [5.74, 6) is 1.44. The molecule has 0 saturated heterocycles. The molecule has 0 bridgehead atoms. The zero-order valence-electron chi connectivity index (χ0n) is 8.63. The molecule has 0 unspecified atom stereocenters. The van der Waals surface area contributed by atoms with Crippen molar-refractivity contribution in [1.82, 2.24) is 0 Å². The van der Waals surface area contributed by atoms with Gasteiger partial charge in [0.05, 0.1) is 0 Å². The minimum Gasteiger partial charge on any atom is -0.295 e. The molecule has 12 heavy (non-hydrogen) atoms. The molecule has 0 saturated carbocycles. The van der Waals surface area contributed by atoms with Crippen LogP contribution in [-0.4, -0.2) is 5.78 Å². The molecule has 0 spiro atoms. The van der Waals surface area contributed by atoms with Crippen LogP contribution in [0.1, 0.15) is 40.5 Å². The average molecular weight is 168 g/mol. The Labute approximate surface area is 75.9 Å². The van der Waals surface area contributed by atoms with Crippen LogP contribution in [0.5, 0.6) is 0 Å². The number of hydrogen-bond acceptors (Lipinski definition) is 1. The highest BCUT2D eigenvalue weighted by molar-refractivity contribution is 5.87. The lowest BCUT2D eigenvalue weighted by atomic mass is 9.95. The Balaban J connectivity index is 3.72. The van der Waals surface area contributed by atoms with Crippen molar-refractivity contribution in [3.63, 3.8) is 0 Å². The van der Waals surface area contributed by atoms with Gasteiger partial charge in [-0.2, -0.15) is 0 Å². The highest BCUT2D eigenvalue weighted by Gasteiger charge is 2.03. The molecule has 0 N–H and O–H groups in total. The van der Waals surface area contributed by atoms with E-state index < -0.39 is 0 Å². The van der Waals surface area contributed by atoms with Crippen LogP contribution in [0.4, 0.5) is 0 Å². The Bertz CT molecular complexity index is 158. The van der Waals surface area contributed by atoms with E-state index in [0.717, 1.165) is 5.92 Å². The van der Waals surface area contributed by atoms with E-state index in [-0.39, 0.29) is 5.78 Å². The average Bonchev–Trinajstić information content (AvgIpc) is 2.00. The number of rotatable bonds is 5. The van der Waals surface area contributed by atoms with E-state index in [1.165, 1.54) is 12.8 Å². The molecule has 0 heterocycles. The van der Waals surface area contributed by atoms with E-state index in [4.69, 9.17) is 0 Å². The van der Waals surface area contributed by atoms with Crippen LogP contribution in [0.2, 0.25) is 0 Å². The number of allylic oxidation sites excluding steroid dienone is 2. The molecule has 2 atom stereocenters. The summed E-state index contributed by atoms with van der Waals surface area (Å²) in [6.07, 6.45) is 6.08. The van der Waals surface area contributed by atoms with Crippen molar-refractivity contribution in [3.05, 3.63) is 12.2 Å². The fraction of sp³-hybridized carbons (Fsp3) is 0.727. The molecule has 0 aromatic heterocycles. The first kappa shape index (κ1) is 11.4. The number of ketones is 1. The van der Waals surface area contributed by atoms with Crippen LogP contribution < -0.4 is 0 Å². The van der Waals surface area contributed by atoms with Crippen molar-refractivity contribution in [2.45, 2.75) is 40.5 Å². The molecule has 0 rings (SSSR count). The Hall–Kier alpha value is -0.590. The zero-order chi connectivity index (χ0) is 9.56. The number of hydrogen-bond donors (Lipinski definition) is 0. The lowest BCUT2D eigenvalue weighted by Crippen LogP contribution is -1.99. The quantitative estimate of drug-likeness (QED) is 0.576. The molecule has 0 aliphatic rings. The molecule has 0 aromatic rings. The molecule has 0 aliphatic carbocycles. The van der Waals surface area contributed by atoms with Gasteiger partial charge in [0.25, 0.3) is 0 Å². The van der Waals surface area contributed by atoms with Crippen LogP contribution in [0.15, 0.2) is 12.2 Å². The second-order valence-corrected chi connectivity index (χ2v) is 3.70. The third-order valence-corrected chi connectivity index (χ3v) is 2.13. The maximum absolute atomic E-state index is 10.6. The van der Waals surface area contributed by atoms with E-state index in [2.05, 4.69) is 20.8 Å². The summed E-state index contributed by atoms with van der Waals surface area (Å²) < 4.78 is 0. The van der Waals surface area contributed by atoms with Gasteiger partial charge in [0.2, 0.25) is 0 Å². The van der Waals surface area contributed by atoms with Gasteiger partial charge in [-0.1, -0.05) is 33.3 Å². The fourth-order valence-corrected chi connectivity index (χ4v) is 1.18. The molecule has 0 amide bonds. The third-order valence-electron chi connectivity index (χ3n) is 2.13. The SMILES string of the molecule is CC[C@H](C)C[C@@H](C)/C=C/C(C)=O. The monoisotopic (exact) mass is 168 g/mol. The normalized spacial score (nSPS) is 16.3. The van der Waals surface area contributed by atoms with Gasteiger partial charge in [0, 0.05) is 0 Å². The Kier molecular flexibility index (Phi) is 5.69. The maximum Gasteiger partial charge on any atom is 0.152 e. The van der Waals surface area contributed by atoms with Crippen molar-refractivity contribution >= 4 is 5.78 Å². The van der Waals surface area contributed by atoms with E-state index in [0.29, 0.717) is 5.92 Å². The van der Waals surface area contributed by atoms with E-state index in [1.807, 2.05) is 6.08 Å². The van der Waals surface area contributed by atoms with Crippen LogP contribution in [0.25, 0.3) is 0 Å². The lowest BCUT2D eigenvalue weighted by molar-refractivity contribution is -0.112. The molecule has 0 aromatic carbocycles. The van der Waals surface area contributed by atoms with Crippen molar-refractivity contribution in [2.24, 2.45) is 11.8 Å². The molecule has 0 aliphatic heterocycles. The maximum atomic E-state index is 10.6. The third kappa shape index (κ3) is 6.14. The topological polar surface area (TPSA) is 17.1 Å². The van der Waals surface area contributed by atoms with Gasteiger partial charge in [-0.05, 0) is 31.3 Å². The zero-order valence-corrected chi connectivity index (χ0v) is 8.63. The number of carbonyl (C=O) groups excluding carboxylic acids is 1. The summed E-state index contributed by atoms with van der Waals surface area (Å²) in [6, 6.07) is 0. The smallest absolute Gasteiger partial charge is 0.152 e. The van der Waals surface area contributed by atoms with E-state index >= 15 is 0 Å². The number of carbonyl (C=O) groups is 1. The molecule has 1 heteroatoms. The van der Waals surface area contributed by atoms with Crippen LogP contribution in [0.3, 0.4) is 0 Å². The van der Waals surface area contributed by atoms with Crippen LogP contribution in [0, 0.1) is 11.8 Å². The van der Waals surface area contributed by atoms with Gasteiger partial charge in [0.1, 0.15) is 0 Å². The molecule has 70 valence electrons. The molecule has 1 nitrogen and oxygen atoms in total. The lowest BCUT2D eigenvalue weighted by Gasteiger charge is -2.11. The standard InChI is InChI=1S/C11H20O/c1-5-9(2)8-10(3)6-7-11(4)12/h6-7,9-10H,5,8H2,1-4H3/b7-6+/t9-,10-/m0/s1. The largest absolute Gasteiger partial charge is 0.295 e. The van der Waals surface area contributed by atoms with Gasteiger partial charge < -0.3 is 0 Å². The second-order valence-electron chi connectivity index (χ2n) is 3.70. The molecular weight excluding hydrogens is 148 g/mol. The predicted octanol–water partition coefficient (Wildman–Crippen LogP) is 3.20. The first-order valence-corrected chi connectivity index (χ1v) is 4.75. The highest BCUT2D eigenvalue weighted by atomic mass is 16.1. The van der Waals surface area contributed by atoms with Crippen molar-refractivity contribution in [3.8, 4) is 0 Å². The Morgan fingerprint density at radius 3 is 2.42 bits per heavy atom. The summed E-state index contributed by atoms with van der Waals surface area (Å²) in [6.45, 7) is 8.20. The summed E-state index contributed by atoms with van der Waals surface area (Å²) in [5.41, 5.74) is 0. The van der Waals surface area contributed by atoms with E-state index in [9.17, 15) is 4.79 Å². The predicted molar refractivity (Wildman–Crippen MR) is 53.1 cm³/mol. The van der Waals surface area contributed by atoms with Gasteiger partial charge in [-0.25, -0.2) is 0 Å².